The zero-order valence-electron chi connectivity index (χ0n) is 10.3. The molecule has 0 atom stereocenters. The molecule has 0 bridgehead atoms. The number of rotatable bonds is 3. The summed E-state index contributed by atoms with van der Waals surface area (Å²) in [7, 11) is 0. The lowest BCUT2D eigenvalue weighted by Gasteiger charge is -2.14. The predicted molar refractivity (Wildman–Crippen MR) is 65.9 cm³/mol. The molecule has 16 heavy (non-hydrogen) atoms. The lowest BCUT2D eigenvalue weighted by molar-refractivity contribution is 0.298. The molecule has 0 aliphatic rings. The second kappa shape index (κ2) is 5.37. The minimum Gasteiger partial charge on any atom is -0.492 e. The fraction of sp³-hybridized carbons (Fsp3) is 0.357. The normalized spacial score (nSPS) is 11.1. The van der Waals surface area contributed by atoms with Gasteiger partial charge in [-0.25, -0.2) is 0 Å². The molecule has 1 aromatic rings. The maximum Gasteiger partial charge on any atom is 0.137 e. The van der Waals surface area contributed by atoms with E-state index in [4.69, 9.17) is 10.00 Å². The standard InChI is InChI=1S/C14H17NO/c1-5-16-13(6-7-15)14-11(3)8-10(2)9-12(14)4/h6,8-9H,5H2,1-4H3/b13-6+. The van der Waals surface area contributed by atoms with Gasteiger partial charge >= 0.3 is 0 Å². The number of allylic oxidation sites excluding steroid dienone is 1. The Labute approximate surface area is 97.2 Å². The van der Waals surface area contributed by atoms with Crippen molar-refractivity contribution < 1.29 is 4.74 Å². The molecule has 0 aliphatic carbocycles. The lowest BCUT2D eigenvalue weighted by Crippen LogP contribution is -1.98. The largest absolute Gasteiger partial charge is 0.492 e. The Balaban J connectivity index is 3.31. The molecule has 0 aliphatic heterocycles. The summed E-state index contributed by atoms with van der Waals surface area (Å²) in [6.45, 7) is 8.64. The minimum atomic E-state index is 0.570. The molecule has 84 valence electrons. The van der Waals surface area contributed by atoms with Crippen LogP contribution >= 0.6 is 0 Å². The Morgan fingerprint density at radius 1 is 1.31 bits per heavy atom. The predicted octanol–water partition coefficient (Wildman–Crippen LogP) is 3.51. The summed E-state index contributed by atoms with van der Waals surface area (Å²) < 4.78 is 5.51. The molecule has 0 N–H and O–H groups in total. The smallest absolute Gasteiger partial charge is 0.137 e. The third-order valence-electron chi connectivity index (χ3n) is 2.42. The highest BCUT2D eigenvalue weighted by molar-refractivity contribution is 5.68. The maximum absolute atomic E-state index is 8.75. The van der Waals surface area contributed by atoms with Gasteiger partial charge in [0, 0.05) is 5.56 Å². The van der Waals surface area contributed by atoms with Crippen molar-refractivity contribution in [1.82, 2.24) is 0 Å². The van der Waals surface area contributed by atoms with Gasteiger partial charge in [0.05, 0.1) is 18.8 Å². The Hall–Kier alpha value is -1.75. The van der Waals surface area contributed by atoms with Crippen LogP contribution in [0.3, 0.4) is 0 Å². The van der Waals surface area contributed by atoms with Crippen molar-refractivity contribution in [2.45, 2.75) is 27.7 Å². The average Bonchev–Trinajstić information content (AvgIpc) is 2.16. The van der Waals surface area contributed by atoms with Crippen LogP contribution in [-0.4, -0.2) is 6.61 Å². The quantitative estimate of drug-likeness (QED) is 0.571. The number of aryl methyl sites for hydroxylation is 3. The summed E-state index contributed by atoms with van der Waals surface area (Å²) in [5.74, 6) is 0.667. The molecule has 0 heterocycles. The average molecular weight is 215 g/mol. The number of hydrogen-bond acceptors (Lipinski definition) is 2. The van der Waals surface area contributed by atoms with E-state index in [1.165, 1.54) is 11.6 Å². The first-order chi connectivity index (χ1) is 7.60. The molecule has 0 radical (unpaired) electrons. The van der Waals surface area contributed by atoms with Crippen molar-refractivity contribution >= 4 is 5.76 Å². The van der Waals surface area contributed by atoms with E-state index in [-0.39, 0.29) is 0 Å². The van der Waals surface area contributed by atoms with E-state index in [0.29, 0.717) is 12.4 Å². The first kappa shape index (κ1) is 12.3. The summed E-state index contributed by atoms with van der Waals surface area (Å²) in [5, 5.41) is 8.75. The minimum absolute atomic E-state index is 0.570. The number of hydrogen-bond donors (Lipinski definition) is 0. The summed E-state index contributed by atoms with van der Waals surface area (Å²) in [4.78, 5) is 0. The van der Waals surface area contributed by atoms with Crippen LogP contribution in [0.2, 0.25) is 0 Å². The highest BCUT2D eigenvalue weighted by Crippen LogP contribution is 2.25. The van der Waals surface area contributed by atoms with Crippen LogP contribution in [0, 0.1) is 32.1 Å². The zero-order chi connectivity index (χ0) is 12.1. The van der Waals surface area contributed by atoms with E-state index >= 15 is 0 Å². The molecule has 1 rings (SSSR count). The monoisotopic (exact) mass is 215 g/mol. The van der Waals surface area contributed by atoms with E-state index in [1.54, 1.807) is 0 Å². The van der Waals surface area contributed by atoms with E-state index in [9.17, 15) is 0 Å². The third kappa shape index (κ3) is 2.64. The van der Waals surface area contributed by atoms with Crippen molar-refractivity contribution in [3.63, 3.8) is 0 Å². The van der Waals surface area contributed by atoms with Crippen LogP contribution in [-0.2, 0) is 4.74 Å². The van der Waals surface area contributed by atoms with E-state index in [0.717, 1.165) is 16.7 Å². The van der Waals surface area contributed by atoms with Gasteiger partial charge < -0.3 is 4.74 Å². The summed E-state index contributed by atoms with van der Waals surface area (Å²) in [6, 6.07) is 6.24. The second-order valence-electron chi connectivity index (χ2n) is 3.84. The van der Waals surface area contributed by atoms with Crippen molar-refractivity contribution in [3.05, 3.63) is 40.5 Å². The van der Waals surface area contributed by atoms with Crippen molar-refractivity contribution in [1.29, 1.82) is 5.26 Å². The van der Waals surface area contributed by atoms with E-state index in [1.807, 2.05) is 26.8 Å². The fourth-order valence-corrected chi connectivity index (χ4v) is 1.97. The van der Waals surface area contributed by atoms with Crippen molar-refractivity contribution in [2.24, 2.45) is 0 Å². The van der Waals surface area contributed by atoms with Gasteiger partial charge in [0.1, 0.15) is 5.76 Å². The molecule has 0 saturated carbocycles. The zero-order valence-corrected chi connectivity index (χ0v) is 10.3. The summed E-state index contributed by atoms with van der Waals surface area (Å²) in [6.07, 6.45) is 1.47. The van der Waals surface area contributed by atoms with Gasteiger partial charge in [-0.2, -0.15) is 5.26 Å². The molecular weight excluding hydrogens is 198 g/mol. The summed E-state index contributed by atoms with van der Waals surface area (Å²) >= 11 is 0. The molecule has 0 saturated heterocycles. The van der Waals surface area contributed by atoms with Crippen LogP contribution in [0.15, 0.2) is 18.2 Å². The van der Waals surface area contributed by atoms with E-state index in [2.05, 4.69) is 19.1 Å². The van der Waals surface area contributed by atoms with Gasteiger partial charge in [-0.3, -0.25) is 0 Å². The third-order valence-corrected chi connectivity index (χ3v) is 2.42. The molecule has 0 aromatic heterocycles. The first-order valence-electron chi connectivity index (χ1n) is 5.41. The Morgan fingerprint density at radius 2 is 1.88 bits per heavy atom. The topological polar surface area (TPSA) is 33.0 Å². The second-order valence-corrected chi connectivity index (χ2v) is 3.84. The van der Waals surface area contributed by atoms with Crippen LogP contribution in [0.1, 0.15) is 29.2 Å². The number of nitrogens with zero attached hydrogens (tertiary/aromatic N) is 1. The van der Waals surface area contributed by atoms with Crippen LogP contribution in [0.4, 0.5) is 0 Å². The molecule has 2 heteroatoms. The molecule has 1 aromatic carbocycles. The highest BCUT2D eigenvalue weighted by Gasteiger charge is 2.10. The van der Waals surface area contributed by atoms with Gasteiger partial charge in [-0.05, 0) is 38.8 Å². The summed E-state index contributed by atoms with van der Waals surface area (Å²) in [5.41, 5.74) is 4.56. The van der Waals surface area contributed by atoms with Gasteiger partial charge in [-0.15, -0.1) is 0 Å². The van der Waals surface area contributed by atoms with Crippen LogP contribution in [0.5, 0.6) is 0 Å². The number of ether oxygens (including phenoxy) is 1. The van der Waals surface area contributed by atoms with Gasteiger partial charge in [-0.1, -0.05) is 17.7 Å². The van der Waals surface area contributed by atoms with Crippen molar-refractivity contribution in [3.8, 4) is 6.07 Å². The molecule has 0 spiro atoms. The Bertz CT molecular complexity index is 429. The van der Waals surface area contributed by atoms with Crippen LogP contribution < -0.4 is 0 Å². The van der Waals surface area contributed by atoms with Gasteiger partial charge in [0.15, 0.2) is 0 Å². The van der Waals surface area contributed by atoms with Crippen LogP contribution in [0.25, 0.3) is 5.76 Å². The molecule has 2 nitrogen and oxygen atoms in total. The maximum atomic E-state index is 8.75. The Morgan fingerprint density at radius 3 is 2.31 bits per heavy atom. The number of benzene rings is 1. The highest BCUT2D eigenvalue weighted by atomic mass is 16.5. The Kier molecular flexibility index (Phi) is 4.13. The van der Waals surface area contributed by atoms with Gasteiger partial charge in [0.2, 0.25) is 0 Å². The van der Waals surface area contributed by atoms with Gasteiger partial charge in [0.25, 0.3) is 0 Å². The molecule has 0 fully saturated rings. The number of nitriles is 1. The fourth-order valence-electron chi connectivity index (χ4n) is 1.97. The first-order valence-corrected chi connectivity index (χ1v) is 5.41. The SMILES string of the molecule is CCO/C(=C/C#N)c1c(C)cc(C)cc1C. The van der Waals surface area contributed by atoms with Crippen molar-refractivity contribution in [2.75, 3.05) is 6.61 Å². The lowest BCUT2D eigenvalue weighted by atomic mass is 9.98. The molecular formula is C14H17NO. The molecule has 0 unspecified atom stereocenters. The molecule has 0 amide bonds. The van der Waals surface area contributed by atoms with E-state index < -0.39 is 0 Å².